The number of allylic oxidation sites excluding steroid dienone is 1. The molecule has 1 fully saturated rings. The Labute approximate surface area is 176 Å². The number of carbonyl (C=O) groups excluding carboxylic acids is 2. The number of fused-ring (bicyclic) bond motifs is 1. The highest BCUT2D eigenvalue weighted by Gasteiger charge is 2.38. The van der Waals surface area contributed by atoms with Gasteiger partial charge in [0.15, 0.2) is 0 Å². The van der Waals surface area contributed by atoms with Crippen molar-refractivity contribution in [1.82, 2.24) is 4.90 Å². The first-order valence-electron chi connectivity index (χ1n) is 9.81. The molecule has 1 unspecified atom stereocenters. The molecule has 2 aliphatic rings. The highest BCUT2D eigenvalue weighted by Crippen LogP contribution is 2.41. The van der Waals surface area contributed by atoms with Crippen molar-refractivity contribution in [1.29, 1.82) is 0 Å². The summed E-state index contributed by atoms with van der Waals surface area (Å²) in [5, 5.41) is -0.362. The zero-order chi connectivity index (χ0) is 21.5. The normalized spacial score (nSPS) is 20.8. The minimum absolute atomic E-state index is 0.204. The standard InChI is InChI=1S/C23H27FN2O2S/c1-7-9-25-19-12-18(24)16(10-17(19)14(3)13-23(25,5)6)11-20-21(27)26(15(4)8-2)22(28)29-20/h8,10-13,15H,2,7,9H2,1,3-6H3/b20-11+. The second-order valence-electron chi connectivity index (χ2n) is 8.05. The molecule has 1 aromatic carbocycles. The summed E-state index contributed by atoms with van der Waals surface area (Å²) in [5.41, 5.74) is 2.98. The lowest BCUT2D eigenvalue weighted by atomic mass is 9.87. The van der Waals surface area contributed by atoms with Gasteiger partial charge in [-0.1, -0.05) is 19.1 Å². The van der Waals surface area contributed by atoms with Gasteiger partial charge in [0, 0.05) is 23.4 Å². The van der Waals surface area contributed by atoms with Gasteiger partial charge in [0.05, 0.1) is 16.5 Å². The molecule has 3 rings (SSSR count). The van der Waals surface area contributed by atoms with Crippen LogP contribution in [0.25, 0.3) is 11.6 Å². The van der Waals surface area contributed by atoms with Crippen molar-refractivity contribution in [2.75, 3.05) is 11.4 Å². The summed E-state index contributed by atoms with van der Waals surface area (Å²) in [5.74, 6) is -0.815. The van der Waals surface area contributed by atoms with Gasteiger partial charge in [-0.25, -0.2) is 4.39 Å². The lowest BCUT2D eigenvalue weighted by molar-refractivity contribution is -0.123. The molecule has 1 atom stereocenters. The van der Waals surface area contributed by atoms with Crippen molar-refractivity contribution in [2.24, 2.45) is 0 Å². The molecule has 0 aromatic heterocycles. The second kappa shape index (κ2) is 7.82. The number of imide groups is 1. The van der Waals surface area contributed by atoms with E-state index in [0.717, 1.165) is 46.5 Å². The summed E-state index contributed by atoms with van der Waals surface area (Å²) in [6, 6.07) is 2.92. The molecule has 0 N–H and O–H groups in total. The number of anilines is 1. The fraction of sp³-hybridized carbons (Fsp3) is 0.391. The summed E-state index contributed by atoms with van der Waals surface area (Å²) < 4.78 is 15.0. The lowest BCUT2D eigenvalue weighted by Gasteiger charge is -2.43. The average molecular weight is 415 g/mol. The molecule has 0 aliphatic carbocycles. The van der Waals surface area contributed by atoms with Crippen LogP contribution in [0.1, 0.15) is 52.2 Å². The SMILES string of the molecule is C=CC(C)N1C(=O)S/C(=C/c2cc3c(cc2F)N(CCC)C(C)(C)C=C3C)C1=O. The van der Waals surface area contributed by atoms with Gasteiger partial charge >= 0.3 is 0 Å². The number of halogens is 1. The van der Waals surface area contributed by atoms with Gasteiger partial charge in [-0.05, 0) is 69.7 Å². The largest absolute Gasteiger partial charge is 0.362 e. The molecular weight excluding hydrogens is 387 g/mol. The van der Waals surface area contributed by atoms with Gasteiger partial charge in [-0.2, -0.15) is 0 Å². The number of carbonyl (C=O) groups is 2. The summed E-state index contributed by atoms with van der Waals surface area (Å²) in [4.78, 5) is 28.4. The number of thioether (sulfide) groups is 1. The second-order valence-corrected chi connectivity index (χ2v) is 9.04. The van der Waals surface area contributed by atoms with E-state index in [-0.39, 0.29) is 15.7 Å². The third-order valence-corrected chi connectivity index (χ3v) is 6.29. The first-order chi connectivity index (χ1) is 13.6. The van der Waals surface area contributed by atoms with Crippen LogP contribution in [0.15, 0.2) is 35.8 Å². The van der Waals surface area contributed by atoms with Crippen LogP contribution >= 0.6 is 11.8 Å². The zero-order valence-electron chi connectivity index (χ0n) is 17.6. The maximum Gasteiger partial charge on any atom is 0.294 e. The first-order valence-corrected chi connectivity index (χ1v) is 10.6. The Morgan fingerprint density at radius 3 is 2.62 bits per heavy atom. The van der Waals surface area contributed by atoms with E-state index in [0.29, 0.717) is 5.56 Å². The highest BCUT2D eigenvalue weighted by atomic mass is 32.2. The van der Waals surface area contributed by atoms with Crippen LogP contribution in [-0.4, -0.2) is 34.2 Å². The quantitative estimate of drug-likeness (QED) is 0.448. The van der Waals surface area contributed by atoms with Gasteiger partial charge in [-0.3, -0.25) is 14.5 Å². The Morgan fingerprint density at radius 2 is 2.00 bits per heavy atom. The molecule has 2 amide bonds. The Morgan fingerprint density at radius 1 is 1.31 bits per heavy atom. The van der Waals surface area contributed by atoms with Gasteiger partial charge in [0.1, 0.15) is 5.82 Å². The van der Waals surface area contributed by atoms with Crippen molar-refractivity contribution in [2.45, 2.75) is 52.6 Å². The van der Waals surface area contributed by atoms with Crippen LogP contribution in [0.4, 0.5) is 14.9 Å². The van der Waals surface area contributed by atoms with Gasteiger partial charge in [0.25, 0.3) is 11.1 Å². The van der Waals surface area contributed by atoms with Crippen LogP contribution in [-0.2, 0) is 4.79 Å². The molecule has 0 saturated carbocycles. The highest BCUT2D eigenvalue weighted by molar-refractivity contribution is 8.18. The lowest BCUT2D eigenvalue weighted by Crippen LogP contribution is -2.45. The smallest absolute Gasteiger partial charge is 0.294 e. The van der Waals surface area contributed by atoms with E-state index in [1.165, 1.54) is 12.2 Å². The van der Waals surface area contributed by atoms with Crippen molar-refractivity contribution in [3.05, 3.63) is 52.7 Å². The number of amides is 2. The van der Waals surface area contributed by atoms with E-state index in [2.05, 4.69) is 38.3 Å². The third-order valence-electron chi connectivity index (χ3n) is 5.40. The molecule has 4 nitrogen and oxygen atoms in total. The molecule has 1 saturated heterocycles. The summed E-state index contributed by atoms with van der Waals surface area (Å²) in [6.07, 6.45) is 6.16. The fourth-order valence-corrected chi connectivity index (χ4v) is 4.84. The molecule has 2 heterocycles. The Kier molecular flexibility index (Phi) is 5.77. The Bertz CT molecular complexity index is 948. The number of rotatable bonds is 5. The van der Waals surface area contributed by atoms with E-state index < -0.39 is 17.8 Å². The predicted octanol–water partition coefficient (Wildman–Crippen LogP) is 5.85. The Hall–Kier alpha value is -2.34. The summed E-state index contributed by atoms with van der Waals surface area (Å²) in [7, 11) is 0. The van der Waals surface area contributed by atoms with Crippen molar-refractivity contribution in [3.63, 3.8) is 0 Å². The van der Waals surface area contributed by atoms with E-state index in [1.807, 2.05) is 6.92 Å². The average Bonchev–Trinajstić information content (AvgIpc) is 2.92. The number of hydrogen-bond acceptors (Lipinski definition) is 4. The molecule has 2 aliphatic heterocycles. The zero-order valence-corrected chi connectivity index (χ0v) is 18.4. The van der Waals surface area contributed by atoms with Crippen molar-refractivity contribution >= 4 is 40.2 Å². The van der Waals surface area contributed by atoms with E-state index in [1.54, 1.807) is 19.1 Å². The molecule has 154 valence electrons. The number of benzene rings is 1. The van der Waals surface area contributed by atoms with Crippen LogP contribution in [0, 0.1) is 5.82 Å². The molecular formula is C23H27FN2O2S. The van der Waals surface area contributed by atoms with E-state index >= 15 is 4.39 Å². The molecule has 0 spiro atoms. The topological polar surface area (TPSA) is 40.6 Å². The number of hydrogen-bond donors (Lipinski definition) is 0. The molecule has 6 heteroatoms. The maximum absolute atomic E-state index is 15.0. The first kappa shape index (κ1) is 21.4. The Balaban J connectivity index is 2.05. The minimum Gasteiger partial charge on any atom is -0.362 e. The molecule has 0 radical (unpaired) electrons. The maximum atomic E-state index is 15.0. The van der Waals surface area contributed by atoms with Gasteiger partial charge in [-0.15, -0.1) is 6.58 Å². The van der Waals surface area contributed by atoms with Gasteiger partial charge in [0.2, 0.25) is 0 Å². The van der Waals surface area contributed by atoms with Crippen LogP contribution in [0.3, 0.4) is 0 Å². The van der Waals surface area contributed by atoms with Crippen molar-refractivity contribution < 1.29 is 14.0 Å². The summed E-state index contributed by atoms with van der Waals surface area (Å²) in [6.45, 7) is 14.6. The fourth-order valence-electron chi connectivity index (χ4n) is 3.94. The minimum atomic E-state index is -0.412. The third kappa shape index (κ3) is 3.78. The van der Waals surface area contributed by atoms with Crippen LogP contribution in [0.5, 0.6) is 0 Å². The molecule has 0 bridgehead atoms. The van der Waals surface area contributed by atoms with E-state index in [4.69, 9.17) is 0 Å². The van der Waals surface area contributed by atoms with Crippen LogP contribution in [0.2, 0.25) is 0 Å². The predicted molar refractivity (Wildman–Crippen MR) is 119 cm³/mol. The van der Waals surface area contributed by atoms with Crippen LogP contribution < -0.4 is 4.90 Å². The number of nitrogens with zero attached hydrogens (tertiary/aromatic N) is 2. The summed E-state index contributed by atoms with van der Waals surface area (Å²) >= 11 is 0.835. The molecule has 29 heavy (non-hydrogen) atoms. The van der Waals surface area contributed by atoms with Gasteiger partial charge < -0.3 is 4.90 Å². The van der Waals surface area contributed by atoms with Crippen molar-refractivity contribution in [3.8, 4) is 0 Å². The monoisotopic (exact) mass is 414 g/mol. The molecule has 1 aromatic rings. The van der Waals surface area contributed by atoms with E-state index in [9.17, 15) is 9.59 Å².